The van der Waals surface area contributed by atoms with Gasteiger partial charge >= 0.3 is 12.1 Å². The molecule has 1 aliphatic heterocycles. The average Bonchev–Trinajstić information content (AvgIpc) is 3.30. The Hall–Kier alpha value is -3.88. The van der Waals surface area contributed by atoms with Gasteiger partial charge in [-0.05, 0) is 102 Å². The lowest BCUT2D eigenvalue weighted by atomic mass is 9.93. The van der Waals surface area contributed by atoms with Gasteiger partial charge in [0, 0.05) is 24.1 Å². The Morgan fingerprint density at radius 2 is 1.88 bits per heavy atom. The molecular formula is C31H39N3O6. The molecule has 214 valence electrons. The van der Waals surface area contributed by atoms with Crippen LogP contribution in [0.4, 0.5) is 4.79 Å². The maximum Gasteiger partial charge on any atom is 0.410 e. The van der Waals surface area contributed by atoms with Crippen molar-refractivity contribution in [1.82, 2.24) is 15.0 Å². The number of aryl methyl sites for hydroxylation is 2. The van der Waals surface area contributed by atoms with Crippen molar-refractivity contribution in [3.8, 4) is 28.6 Å². The molecule has 1 unspecified atom stereocenters. The first kappa shape index (κ1) is 29.1. The Labute approximate surface area is 235 Å². The fraction of sp³-hybridized carbons (Fsp3) is 0.484. The number of hydrogen-bond acceptors (Lipinski definition) is 8. The molecule has 0 bridgehead atoms. The summed E-state index contributed by atoms with van der Waals surface area (Å²) in [5.41, 5.74) is 4.07. The molecule has 1 atom stereocenters. The van der Waals surface area contributed by atoms with E-state index in [-0.39, 0.29) is 30.6 Å². The molecule has 40 heavy (non-hydrogen) atoms. The van der Waals surface area contributed by atoms with E-state index in [0.717, 1.165) is 46.4 Å². The van der Waals surface area contributed by atoms with Crippen molar-refractivity contribution >= 4 is 12.1 Å². The summed E-state index contributed by atoms with van der Waals surface area (Å²) in [6, 6.07) is 11.5. The molecule has 1 aromatic heterocycles. The molecule has 0 spiro atoms. The highest BCUT2D eigenvalue weighted by Gasteiger charge is 2.33. The standard InChI is InChI=1S/C31H39N3O6/c1-19(2)38-26-14-11-23(17-20(26)3)29-32-28(33-40-29)22-10-12-24-21(18-22)9-8-16-34(30(36)39-31(4,5)6)25(24)13-15-27(35)37-7/h10-12,14,17-19,25H,8-9,13,15-16H2,1-7H3. The lowest BCUT2D eigenvalue weighted by Crippen LogP contribution is -2.39. The van der Waals surface area contributed by atoms with Crippen LogP contribution in [0.3, 0.4) is 0 Å². The lowest BCUT2D eigenvalue weighted by Gasteiger charge is -2.33. The number of carbonyl (C=O) groups excluding carboxylic acids is 2. The minimum Gasteiger partial charge on any atom is -0.491 e. The highest BCUT2D eigenvalue weighted by Crippen LogP contribution is 2.36. The number of nitrogens with zero attached hydrogens (tertiary/aromatic N) is 3. The van der Waals surface area contributed by atoms with Crippen molar-refractivity contribution in [2.45, 2.75) is 85.0 Å². The van der Waals surface area contributed by atoms with E-state index in [1.807, 2.05) is 71.9 Å². The van der Waals surface area contributed by atoms with E-state index in [0.29, 0.717) is 24.7 Å². The Bertz CT molecular complexity index is 1360. The van der Waals surface area contributed by atoms with Gasteiger partial charge in [-0.3, -0.25) is 4.79 Å². The second-order valence-corrected chi connectivity index (χ2v) is 11.4. The molecule has 0 saturated heterocycles. The fourth-order valence-corrected chi connectivity index (χ4v) is 4.88. The van der Waals surface area contributed by atoms with Gasteiger partial charge in [-0.1, -0.05) is 17.3 Å². The van der Waals surface area contributed by atoms with Crippen LogP contribution < -0.4 is 4.74 Å². The Kier molecular flexibility index (Phi) is 8.81. The molecule has 9 heteroatoms. The quantitative estimate of drug-likeness (QED) is 0.301. The minimum absolute atomic E-state index is 0.0871. The van der Waals surface area contributed by atoms with Gasteiger partial charge in [0.05, 0.1) is 19.3 Å². The second-order valence-electron chi connectivity index (χ2n) is 11.4. The molecule has 2 heterocycles. The molecule has 9 nitrogen and oxygen atoms in total. The average molecular weight is 550 g/mol. The molecule has 0 fully saturated rings. The van der Waals surface area contributed by atoms with Crippen LogP contribution in [-0.2, 0) is 20.7 Å². The normalized spacial score (nSPS) is 15.4. The maximum absolute atomic E-state index is 13.2. The van der Waals surface area contributed by atoms with Crippen molar-refractivity contribution in [3.05, 3.63) is 53.1 Å². The van der Waals surface area contributed by atoms with Gasteiger partial charge in [-0.15, -0.1) is 0 Å². The summed E-state index contributed by atoms with van der Waals surface area (Å²) in [5, 5.41) is 4.25. The van der Waals surface area contributed by atoms with Crippen molar-refractivity contribution in [1.29, 1.82) is 0 Å². The van der Waals surface area contributed by atoms with Crippen LogP contribution in [0, 0.1) is 6.92 Å². The topological polar surface area (TPSA) is 104 Å². The van der Waals surface area contributed by atoms with E-state index in [4.69, 9.17) is 18.7 Å². The highest BCUT2D eigenvalue weighted by molar-refractivity contribution is 5.71. The van der Waals surface area contributed by atoms with E-state index < -0.39 is 5.60 Å². The van der Waals surface area contributed by atoms with E-state index in [2.05, 4.69) is 16.2 Å². The number of ether oxygens (including phenoxy) is 3. The fourth-order valence-electron chi connectivity index (χ4n) is 4.88. The smallest absolute Gasteiger partial charge is 0.410 e. The first-order valence-corrected chi connectivity index (χ1v) is 13.8. The number of aromatic nitrogens is 2. The van der Waals surface area contributed by atoms with E-state index in [1.165, 1.54) is 7.11 Å². The van der Waals surface area contributed by atoms with Crippen LogP contribution >= 0.6 is 0 Å². The van der Waals surface area contributed by atoms with E-state index >= 15 is 0 Å². The zero-order valence-corrected chi connectivity index (χ0v) is 24.4. The maximum atomic E-state index is 13.2. The highest BCUT2D eigenvalue weighted by atomic mass is 16.6. The summed E-state index contributed by atoms with van der Waals surface area (Å²) in [5.74, 6) is 1.42. The predicted molar refractivity (Wildman–Crippen MR) is 151 cm³/mol. The van der Waals surface area contributed by atoms with E-state index in [9.17, 15) is 9.59 Å². The van der Waals surface area contributed by atoms with Crippen LogP contribution in [0.2, 0.25) is 0 Å². The summed E-state index contributed by atoms with van der Waals surface area (Å²) in [4.78, 5) is 31.6. The third kappa shape index (κ3) is 7.00. The number of methoxy groups -OCH3 is 1. The minimum atomic E-state index is -0.625. The van der Waals surface area contributed by atoms with Gasteiger partial charge in [0.25, 0.3) is 5.89 Å². The molecule has 0 aliphatic carbocycles. The first-order chi connectivity index (χ1) is 18.9. The zero-order chi connectivity index (χ0) is 29.0. The van der Waals surface area contributed by atoms with E-state index in [1.54, 1.807) is 4.90 Å². The summed E-state index contributed by atoms with van der Waals surface area (Å²) in [7, 11) is 1.37. The molecular weight excluding hydrogens is 510 g/mol. The first-order valence-electron chi connectivity index (χ1n) is 13.8. The number of hydrogen-bond donors (Lipinski definition) is 0. The Balaban J connectivity index is 1.62. The molecule has 2 aromatic carbocycles. The van der Waals surface area contributed by atoms with Crippen molar-refractivity contribution in [2.75, 3.05) is 13.7 Å². The summed E-state index contributed by atoms with van der Waals surface area (Å²) in [6.07, 6.45) is 1.84. The number of rotatable bonds is 7. The number of esters is 1. The SMILES string of the molecule is COC(=O)CCC1c2ccc(-c3noc(-c4ccc(OC(C)C)c(C)c4)n3)cc2CCCN1C(=O)OC(C)(C)C. The van der Waals surface area contributed by atoms with Crippen molar-refractivity contribution in [2.24, 2.45) is 0 Å². The van der Waals surface area contributed by atoms with Crippen LogP contribution in [-0.4, -0.2) is 52.5 Å². The van der Waals surface area contributed by atoms with Crippen LogP contribution in [0.1, 0.15) is 76.6 Å². The third-order valence-electron chi connectivity index (χ3n) is 6.67. The van der Waals surface area contributed by atoms with Crippen LogP contribution in [0.25, 0.3) is 22.8 Å². The summed E-state index contributed by atoms with van der Waals surface area (Å²) < 4.78 is 22.1. The number of fused-ring (bicyclic) bond motifs is 1. The van der Waals surface area contributed by atoms with Gasteiger partial charge in [-0.2, -0.15) is 4.98 Å². The van der Waals surface area contributed by atoms with Gasteiger partial charge in [0.2, 0.25) is 5.82 Å². The summed E-state index contributed by atoms with van der Waals surface area (Å²) in [6.45, 7) is 12.0. The van der Waals surface area contributed by atoms with Crippen molar-refractivity contribution in [3.63, 3.8) is 0 Å². The molecule has 4 rings (SSSR count). The zero-order valence-electron chi connectivity index (χ0n) is 24.4. The molecule has 3 aromatic rings. The molecule has 1 aliphatic rings. The third-order valence-corrected chi connectivity index (χ3v) is 6.67. The predicted octanol–water partition coefficient (Wildman–Crippen LogP) is 6.68. The molecule has 1 amide bonds. The summed E-state index contributed by atoms with van der Waals surface area (Å²) >= 11 is 0. The van der Waals surface area contributed by atoms with Gasteiger partial charge in [0.1, 0.15) is 11.4 Å². The Morgan fingerprint density at radius 1 is 1.12 bits per heavy atom. The van der Waals surface area contributed by atoms with Gasteiger partial charge in [-0.25, -0.2) is 4.79 Å². The molecule has 0 saturated carbocycles. The monoisotopic (exact) mass is 549 g/mol. The van der Waals surface area contributed by atoms with Gasteiger partial charge < -0.3 is 23.6 Å². The van der Waals surface area contributed by atoms with Gasteiger partial charge in [0.15, 0.2) is 0 Å². The number of amides is 1. The Morgan fingerprint density at radius 3 is 2.55 bits per heavy atom. The molecule has 0 N–H and O–H groups in total. The second kappa shape index (κ2) is 12.1. The largest absolute Gasteiger partial charge is 0.491 e. The number of benzene rings is 2. The lowest BCUT2D eigenvalue weighted by molar-refractivity contribution is -0.141. The molecule has 0 radical (unpaired) electrons. The van der Waals surface area contributed by atoms with Crippen LogP contribution in [0.15, 0.2) is 40.9 Å². The van der Waals surface area contributed by atoms with Crippen molar-refractivity contribution < 1.29 is 28.3 Å². The van der Waals surface area contributed by atoms with Crippen LogP contribution in [0.5, 0.6) is 5.75 Å². The number of carbonyl (C=O) groups is 2.